The van der Waals surface area contributed by atoms with E-state index in [1.165, 1.54) is 6.07 Å². The molecular formula is C14H17F3N2O. The highest BCUT2D eigenvalue weighted by molar-refractivity contribution is 5.94. The molecule has 2 rings (SSSR count). The molecule has 0 radical (unpaired) electrons. The van der Waals surface area contributed by atoms with Crippen LogP contribution in [0.15, 0.2) is 18.3 Å². The molecule has 0 bridgehead atoms. The molecule has 110 valence electrons. The standard InChI is InChI=1S/C14H17F3N2O/c1-9-4-2-3-5-11(9)19-13(20)10-6-7-12(18-8-10)14(15,16)17/h6-9,11H,2-5H2,1H3,(H,19,20)/t9-,11+/m0/s1. The molecule has 20 heavy (non-hydrogen) atoms. The summed E-state index contributed by atoms with van der Waals surface area (Å²) in [5, 5.41) is 2.88. The Kier molecular flexibility index (Phi) is 4.30. The molecule has 0 aliphatic heterocycles. The first-order chi connectivity index (χ1) is 9.38. The van der Waals surface area contributed by atoms with Crippen LogP contribution in [-0.2, 0) is 6.18 Å². The molecule has 0 unspecified atom stereocenters. The number of nitrogens with zero attached hydrogens (tertiary/aromatic N) is 1. The monoisotopic (exact) mass is 286 g/mol. The molecule has 1 saturated carbocycles. The second kappa shape index (κ2) is 5.81. The number of halogens is 3. The Hall–Kier alpha value is -1.59. The summed E-state index contributed by atoms with van der Waals surface area (Å²) in [6, 6.07) is 2.09. The molecule has 0 saturated heterocycles. The fourth-order valence-corrected chi connectivity index (χ4v) is 2.48. The summed E-state index contributed by atoms with van der Waals surface area (Å²) in [4.78, 5) is 15.3. The summed E-state index contributed by atoms with van der Waals surface area (Å²) in [7, 11) is 0. The van der Waals surface area contributed by atoms with E-state index in [9.17, 15) is 18.0 Å². The lowest BCUT2D eigenvalue weighted by Crippen LogP contribution is -2.41. The highest BCUT2D eigenvalue weighted by Crippen LogP contribution is 2.27. The largest absolute Gasteiger partial charge is 0.433 e. The number of rotatable bonds is 2. The van der Waals surface area contributed by atoms with E-state index in [1.807, 2.05) is 0 Å². The second-order valence-corrected chi connectivity index (χ2v) is 5.27. The van der Waals surface area contributed by atoms with Crippen LogP contribution in [-0.4, -0.2) is 16.9 Å². The lowest BCUT2D eigenvalue weighted by atomic mass is 9.86. The van der Waals surface area contributed by atoms with Crippen molar-refractivity contribution in [3.63, 3.8) is 0 Å². The topological polar surface area (TPSA) is 42.0 Å². The van der Waals surface area contributed by atoms with E-state index in [2.05, 4.69) is 17.2 Å². The number of amides is 1. The van der Waals surface area contributed by atoms with Crippen molar-refractivity contribution < 1.29 is 18.0 Å². The smallest absolute Gasteiger partial charge is 0.349 e. The second-order valence-electron chi connectivity index (χ2n) is 5.27. The average molecular weight is 286 g/mol. The Bertz CT molecular complexity index is 470. The average Bonchev–Trinajstić information content (AvgIpc) is 2.40. The molecule has 6 heteroatoms. The van der Waals surface area contributed by atoms with Gasteiger partial charge in [-0.05, 0) is 30.9 Å². The molecule has 0 spiro atoms. The molecular weight excluding hydrogens is 269 g/mol. The molecule has 1 amide bonds. The first-order valence-electron chi connectivity index (χ1n) is 6.72. The predicted octanol–water partition coefficient (Wildman–Crippen LogP) is 3.41. The van der Waals surface area contributed by atoms with Gasteiger partial charge in [-0.2, -0.15) is 13.2 Å². The van der Waals surface area contributed by atoms with E-state index >= 15 is 0 Å². The van der Waals surface area contributed by atoms with Crippen LogP contribution in [0.3, 0.4) is 0 Å². The van der Waals surface area contributed by atoms with Gasteiger partial charge in [0, 0.05) is 12.2 Å². The predicted molar refractivity (Wildman–Crippen MR) is 68.1 cm³/mol. The van der Waals surface area contributed by atoms with Crippen molar-refractivity contribution in [3.05, 3.63) is 29.6 Å². The van der Waals surface area contributed by atoms with Gasteiger partial charge in [0.25, 0.3) is 5.91 Å². The molecule has 1 N–H and O–H groups in total. The van der Waals surface area contributed by atoms with Crippen molar-refractivity contribution in [2.24, 2.45) is 5.92 Å². The Morgan fingerprint density at radius 2 is 2.00 bits per heavy atom. The maximum atomic E-state index is 12.4. The van der Waals surface area contributed by atoms with Gasteiger partial charge in [0.15, 0.2) is 0 Å². The first-order valence-corrected chi connectivity index (χ1v) is 6.72. The van der Waals surface area contributed by atoms with Crippen molar-refractivity contribution in [1.82, 2.24) is 10.3 Å². The fraction of sp³-hybridized carbons (Fsp3) is 0.571. The maximum absolute atomic E-state index is 12.4. The lowest BCUT2D eigenvalue weighted by Gasteiger charge is -2.29. The minimum Gasteiger partial charge on any atom is -0.349 e. The van der Waals surface area contributed by atoms with Crippen molar-refractivity contribution >= 4 is 5.91 Å². The number of hydrogen-bond acceptors (Lipinski definition) is 2. The van der Waals surface area contributed by atoms with Crippen LogP contribution in [0.2, 0.25) is 0 Å². The SMILES string of the molecule is C[C@H]1CCCC[C@H]1NC(=O)c1ccc(C(F)(F)F)nc1. The quantitative estimate of drug-likeness (QED) is 0.905. The van der Waals surface area contributed by atoms with Crippen LogP contribution < -0.4 is 5.32 Å². The van der Waals surface area contributed by atoms with Gasteiger partial charge in [0.2, 0.25) is 0 Å². The minimum atomic E-state index is -4.48. The van der Waals surface area contributed by atoms with Gasteiger partial charge in [-0.25, -0.2) is 0 Å². The summed E-state index contributed by atoms with van der Waals surface area (Å²) in [5.74, 6) is 0.0417. The van der Waals surface area contributed by atoms with Gasteiger partial charge in [-0.3, -0.25) is 9.78 Å². The highest BCUT2D eigenvalue weighted by atomic mass is 19.4. The van der Waals surface area contributed by atoms with E-state index in [-0.39, 0.29) is 17.5 Å². The van der Waals surface area contributed by atoms with Gasteiger partial charge in [0.05, 0.1) is 5.56 Å². The van der Waals surface area contributed by atoms with E-state index in [1.54, 1.807) is 0 Å². The zero-order valence-electron chi connectivity index (χ0n) is 11.2. The zero-order chi connectivity index (χ0) is 14.8. The zero-order valence-corrected chi connectivity index (χ0v) is 11.2. The number of nitrogens with one attached hydrogen (secondary N) is 1. The van der Waals surface area contributed by atoms with Crippen molar-refractivity contribution in [1.29, 1.82) is 0 Å². The first kappa shape index (κ1) is 14.8. The molecule has 2 atom stereocenters. The van der Waals surface area contributed by atoms with Gasteiger partial charge in [-0.15, -0.1) is 0 Å². The number of carbonyl (C=O) groups excluding carboxylic acids is 1. The van der Waals surface area contributed by atoms with Crippen LogP contribution in [0.1, 0.15) is 48.7 Å². The highest BCUT2D eigenvalue weighted by Gasteiger charge is 2.32. The summed E-state index contributed by atoms with van der Waals surface area (Å²) in [6.07, 6.45) is 0.714. The van der Waals surface area contributed by atoms with Crippen LogP contribution >= 0.6 is 0 Å². The van der Waals surface area contributed by atoms with Crippen molar-refractivity contribution in [3.8, 4) is 0 Å². The molecule has 3 nitrogen and oxygen atoms in total. The molecule has 1 aromatic rings. The van der Waals surface area contributed by atoms with Gasteiger partial charge < -0.3 is 5.32 Å². The Morgan fingerprint density at radius 1 is 1.30 bits per heavy atom. The molecule has 0 aromatic carbocycles. The Balaban J connectivity index is 2.02. The number of aromatic nitrogens is 1. The molecule has 1 heterocycles. The number of alkyl halides is 3. The molecule has 1 aliphatic rings. The molecule has 1 fully saturated rings. The number of hydrogen-bond donors (Lipinski definition) is 1. The normalized spacial score (nSPS) is 23.4. The van der Waals surface area contributed by atoms with Crippen LogP contribution in [0.5, 0.6) is 0 Å². The van der Waals surface area contributed by atoms with Crippen molar-refractivity contribution in [2.45, 2.75) is 44.8 Å². The van der Waals surface area contributed by atoms with Gasteiger partial charge in [-0.1, -0.05) is 19.8 Å². The van der Waals surface area contributed by atoms with Gasteiger partial charge in [0.1, 0.15) is 5.69 Å². The maximum Gasteiger partial charge on any atom is 0.433 e. The summed E-state index contributed by atoms with van der Waals surface area (Å²) in [5.41, 5.74) is -0.823. The summed E-state index contributed by atoms with van der Waals surface area (Å²) >= 11 is 0. The third-order valence-electron chi connectivity index (χ3n) is 3.74. The lowest BCUT2D eigenvalue weighted by molar-refractivity contribution is -0.141. The van der Waals surface area contributed by atoms with Gasteiger partial charge >= 0.3 is 6.18 Å². The van der Waals surface area contributed by atoms with E-state index < -0.39 is 11.9 Å². The van der Waals surface area contributed by atoms with Crippen LogP contribution in [0.25, 0.3) is 0 Å². The fourth-order valence-electron chi connectivity index (χ4n) is 2.48. The minimum absolute atomic E-state index is 0.0959. The number of carbonyl (C=O) groups is 1. The molecule has 1 aliphatic carbocycles. The molecule has 1 aromatic heterocycles. The van der Waals surface area contributed by atoms with Crippen molar-refractivity contribution in [2.75, 3.05) is 0 Å². The number of pyridine rings is 1. The van der Waals surface area contributed by atoms with E-state index in [0.29, 0.717) is 5.92 Å². The Labute approximate surface area is 115 Å². The third-order valence-corrected chi connectivity index (χ3v) is 3.74. The van der Waals surface area contributed by atoms with E-state index in [0.717, 1.165) is 37.9 Å². The summed E-state index contributed by atoms with van der Waals surface area (Å²) in [6.45, 7) is 2.08. The Morgan fingerprint density at radius 3 is 2.55 bits per heavy atom. The van der Waals surface area contributed by atoms with E-state index in [4.69, 9.17) is 0 Å². The summed E-state index contributed by atoms with van der Waals surface area (Å²) < 4.78 is 37.1. The third kappa shape index (κ3) is 3.49. The van der Waals surface area contributed by atoms with Crippen LogP contribution in [0.4, 0.5) is 13.2 Å². The van der Waals surface area contributed by atoms with Crippen LogP contribution in [0, 0.1) is 5.92 Å².